The summed E-state index contributed by atoms with van der Waals surface area (Å²) < 4.78 is 27.5. The summed E-state index contributed by atoms with van der Waals surface area (Å²) in [4.78, 5) is 46.7. The van der Waals surface area contributed by atoms with Crippen molar-refractivity contribution in [3.63, 3.8) is 0 Å². The summed E-state index contributed by atoms with van der Waals surface area (Å²) in [5, 5.41) is 50.2. The van der Waals surface area contributed by atoms with Crippen LogP contribution in [0.15, 0.2) is 174 Å². The van der Waals surface area contributed by atoms with Gasteiger partial charge in [0.2, 0.25) is 5.79 Å². The monoisotopic (exact) mass is 1060 g/mol. The maximum Gasteiger partial charge on any atom is 0.416 e. The molecule has 16 nitrogen and oxygen atoms in total. The summed E-state index contributed by atoms with van der Waals surface area (Å²) in [6, 6.07) is 40.1. The van der Waals surface area contributed by atoms with Gasteiger partial charge in [0.25, 0.3) is 11.4 Å². The van der Waals surface area contributed by atoms with Crippen LogP contribution in [-0.4, -0.2) is 80.8 Å². The van der Waals surface area contributed by atoms with Gasteiger partial charge in [-0.05, 0) is 120 Å². The number of thioether (sulfide) groups is 1. The number of nitrogens with zero attached hydrogens (tertiary/aromatic N) is 4. The average Bonchev–Trinajstić information content (AvgIpc) is 3.49. The van der Waals surface area contributed by atoms with Crippen LogP contribution in [0.1, 0.15) is 67.6 Å². The lowest BCUT2D eigenvalue weighted by Gasteiger charge is -2.59. The predicted octanol–water partition coefficient (Wildman–Crippen LogP) is 12.4. The van der Waals surface area contributed by atoms with Crippen molar-refractivity contribution in [2.24, 2.45) is 22.9 Å². The van der Waals surface area contributed by atoms with Crippen molar-refractivity contribution in [1.29, 1.82) is 0 Å². The smallest absolute Gasteiger partial charge is 0.416 e. The lowest BCUT2D eigenvalue weighted by atomic mass is 9.55. The van der Waals surface area contributed by atoms with Gasteiger partial charge in [-0.1, -0.05) is 90.8 Å². The average molecular weight is 1060 g/mol. The topological polar surface area (TPSA) is 206 Å². The molecule has 1 saturated carbocycles. The molecular weight excluding hydrogens is 1000 g/mol. The van der Waals surface area contributed by atoms with E-state index >= 15 is 4.79 Å². The van der Waals surface area contributed by atoms with Gasteiger partial charge in [0.05, 0.1) is 41.2 Å². The standard InChI is InChI=1S/C60H62N4O12S/c1-2-33-73-60-56(62(39-44-16-12-15-42-13-6-7-19-50(42)44)59(67)75-47-27-25-46(26-28-47)64(70)71)38-54(61-74-40-41-21-23-45(24-22-41)63(68)69)52-36-43(14-8-10-31-65)51(20-9-11-32-66)57(58(52)60)53-37-48(29-30-55(53)76-60)72-34-35-77-49-17-4-3-5-18-49/h2-7,12-13,15-19,21-30,36-37,43,51,56-58,65-66H,1,8-11,14,20,31-35,38-40H2. The molecule has 2 aliphatic carbocycles. The van der Waals surface area contributed by atoms with Crippen LogP contribution in [0.25, 0.3) is 10.8 Å². The Morgan fingerprint density at radius 2 is 1.52 bits per heavy atom. The number of non-ortho nitro benzene ring substituents is 2. The zero-order chi connectivity index (χ0) is 53.7. The summed E-state index contributed by atoms with van der Waals surface area (Å²) in [7, 11) is 0. The molecule has 3 aliphatic rings. The number of nitro groups is 2. The minimum atomic E-state index is -1.66. The molecule has 1 amide bonds. The van der Waals surface area contributed by atoms with Gasteiger partial charge in [-0.25, -0.2) is 4.79 Å². The van der Waals surface area contributed by atoms with Crippen molar-refractivity contribution < 1.29 is 48.6 Å². The number of carbonyl (C=O) groups is 1. The molecule has 2 N–H and O–H groups in total. The van der Waals surface area contributed by atoms with Crippen molar-refractivity contribution >= 4 is 45.7 Å². The van der Waals surface area contributed by atoms with Crippen LogP contribution in [0.3, 0.4) is 0 Å². The number of hydrogen-bond donors (Lipinski definition) is 2. The maximum absolute atomic E-state index is 15.5. The van der Waals surface area contributed by atoms with E-state index in [0.717, 1.165) is 45.2 Å². The number of unbranched alkanes of at least 4 members (excludes halogenated alkanes) is 2. The fraction of sp³-hybridized carbons (Fsp3) is 0.333. The largest absolute Gasteiger partial charge is 0.493 e. The van der Waals surface area contributed by atoms with Crippen molar-refractivity contribution in [1.82, 2.24) is 4.90 Å². The third-order valence-corrected chi connectivity index (χ3v) is 15.6. The predicted molar refractivity (Wildman–Crippen MR) is 294 cm³/mol. The van der Waals surface area contributed by atoms with E-state index in [9.17, 15) is 30.4 Å². The molecule has 0 aromatic heterocycles. The molecule has 0 radical (unpaired) electrons. The number of fused-ring (bicyclic) bond motifs is 3. The highest BCUT2D eigenvalue weighted by Crippen LogP contribution is 2.62. The van der Waals surface area contributed by atoms with Gasteiger partial charge >= 0.3 is 6.09 Å². The number of nitro benzene ring substituents is 2. The number of rotatable bonds is 25. The fourth-order valence-electron chi connectivity index (χ4n) is 11.2. The number of oxime groups is 1. The van der Waals surface area contributed by atoms with Crippen molar-refractivity contribution in [3.8, 4) is 17.2 Å². The molecule has 0 bridgehead atoms. The minimum Gasteiger partial charge on any atom is -0.493 e. The Balaban J connectivity index is 1.22. The van der Waals surface area contributed by atoms with E-state index in [-0.39, 0.29) is 74.3 Å². The molecule has 400 valence electrons. The normalized spacial score (nSPS) is 20.7. The highest BCUT2D eigenvalue weighted by molar-refractivity contribution is 7.99. The first-order chi connectivity index (χ1) is 37.6. The van der Waals surface area contributed by atoms with Crippen LogP contribution >= 0.6 is 11.8 Å². The lowest BCUT2D eigenvalue weighted by molar-refractivity contribution is -0.385. The summed E-state index contributed by atoms with van der Waals surface area (Å²) in [6.07, 6.45) is 7.22. The number of ether oxygens (including phenoxy) is 4. The number of allylic oxidation sites excluding steroid dienone is 1. The molecule has 0 spiro atoms. The summed E-state index contributed by atoms with van der Waals surface area (Å²) in [5.41, 5.74) is 3.42. The van der Waals surface area contributed by atoms with E-state index in [4.69, 9.17) is 28.9 Å². The van der Waals surface area contributed by atoms with Gasteiger partial charge in [0.15, 0.2) is 0 Å². The Morgan fingerprint density at radius 3 is 2.25 bits per heavy atom. The van der Waals surface area contributed by atoms with Gasteiger partial charge in [-0.15, -0.1) is 18.3 Å². The van der Waals surface area contributed by atoms with E-state index in [1.54, 1.807) is 34.9 Å². The maximum atomic E-state index is 15.5. The van der Waals surface area contributed by atoms with E-state index in [0.29, 0.717) is 60.8 Å². The number of amides is 1. The number of benzene rings is 6. The Labute approximate surface area is 451 Å². The number of hydrogen-bond acceptors (Lipinski definition) is 14. The van der Waals surface area contributed by atoms with Crippen molar-refractivity contribution in [3.05, 3.63) is 201 Å². The zero-order valence-electron chi connectivity index (χ0n) is 42.6. The molecule has 9 rings (SSSR count). The van der Waals surface area contributed by atoms with E-state index in [2.05, 4.69) is 30.9 Å². The Morgan fingerprint density at radius 1 is 0.831 bits per heavy atom. The molecule has 17 heteroatoms. The molecule has 1 fully saturated rings. The van der Waals surface area contributed by atoms with Crippen LogP contribution in [0.5, 0.6) is 17.2 Å². The van der Waals surface area contributed by atoms with Crippen LogP contribution in [0, 0.1) is 38.0 Å². The number of aliphatic hydroxyl groups excluding tert-OH is 2. The van der Waals surface area contributed by atoms with E-state index in [1.165, 1.54) is 36.4 Å². The highest BCUT2D eigenvalue weighted by atomic mass is 32.2. The first-order valence-electron chi connectivity index (χ1n) is 26.0. The fourth-order valence-corrected chi connectivity index (χ4v) is 11.9. The first kappa shape index (κ1) is 54.2. The van der Waals surface area contributed by atoms with Crippen LogP contribution in [0.4, 0.5) is 16.2 Å². The second kappa shape index (κ2) is 25.5. The Kier molecular flexibility index (Phi) is 18.0. The molecule has 77 heavy (non-hydrogen) atoms. The van der Waals surface area contributed by atoms with Crippen molar-refractivity contribution in [2.75, 3.05) is 32.2 Å². The third-order valence-electron chi connectivity index (χ3n) is 14.6. The van der Waals surface area contributed by atoms with Gasteiger partial charge in [0.1, 0.15) is 29.9 Å². The molecule has 6 aromatic carbocycles. The Hall–Kier alpha value is -7.57. The molecule has 6 atom stereocenters. The first-order valence-corrected chi connectivity index (χ1v) is 27.0. The molecule has 1 heterocycles. The van der Waals surface area contributed by atoms with Gasteiger partial charge < -0.3 is 34.0 Å². The zero-order valence-corrected chi connectivity index (χ0v) is 43.4. The summed E-state index contributed by atoms with van der Waals surface area (Å²) in [5.74, 6) is -0.850. The molecule has 1 aliphatic heterocycles. The molecule has 6 aromatic rings. The molecule has 6 unspecified atom stereocenters. The second-order valence-electron chi connectivity index (χ2n) is 19.4. The van der Waals surface area contributed by atoms with Crippen LogP contribution in [-0.2, 0) is 22.7 Å². The van der Waals surface area contributed by atoms with Gasteiger partial charge in [-0.2, -0.15) is 0 Å². The molecular formula is C60H62N4O12S. The minimum absolute atomic E-state index is 0.00188. The van der Waals surface area contributed by atoms with Crippen LogP contribution in [0.2, 0.25) is 0 Å². The molecule has 0 saturated heterocycles. The quantitative estimate of drug-likeness (QED) is 0.0180. The number of aliphatic hydroxyl groups is 2. The van der Waals surface area contributed by atoms with Crippen molar-refractivity contribution in [2.45, 2.75) is 80.7 Å². The second-order valence-corrected chi connectivity index (χ2v) is 20.5. The van der Waals surface area contributed by atoms with E-state index < -0.39 is 33.7 Å². The summed E-state index contributed by atoms with van der Waals surface area (Å²) >= 11 is 1.70. The number of carbonyl (C=O) groups excluding carboxylic acids is 1. The van der Waals surface area contributed by atoms with Gasteiger partial charge in [0, 0.05) is 66.0 Å². The third kappa shape index (κ3) is 12.5. The van der Waals surface area contributed by atoms with Gasteiger partial charge in [-0.3, -0.25) is 25.1 Å². The summed E-state index contributed by atoms with van der Waals surface area (Å²) in [6.45, 7) is 4.54. The Bertz CT molecular complexity index is 3080. The van der Waals surface area contributed by atoms with Crippen LogP contribution < -0.4 is 14.2 Å². The SMILES string of the molecule is C=CCOC12Oc3ccc(OCCSc4ccccc4)cc3C3C(CCCCO)C(CCCCO)C=C(C(=NOCc4ccc([N+](=O)[O-])cc4)CC1N(Cc1cccc4ccccc14)C(=O)Oc1ccc([N+](=O)[O-])cc1)C32. The van der Waals surface area contributed by atoms with E-state index in [1.807, 2.05) is 72.8 Å². The lowest BCUT2D eigenvalue weighted by Crippen LogP contribution is -2.70. The highest BCUT2D eigenvalue weighted by Gasteiger charge is 2.66.